The number of pyridine rings is 2. The minimum absolute atomic E-state index is 0.271. The molecule has 1 aliphatic rings. The molecule has 31 heavy (non-hydrogen) atoms. The number of ether oxygens (including phenoxy) is 1. The number of hydrogen-bond donors (Lipinski definition) is 1. The molecular formula is C24H28N6O. The summed E-state index contributed by atoms with van der Waals surface area (Å²) in [6, 6.07) is 15.2. The maximum absolute atomic E-state index is 6.12. The van der Waals surface area contributed by atoms with Gasteiger partial charge in [-0.05, 0) is 49.1 Å². The minimum atomic E-state index is 0.271. The summed E-state index contributed by atoms with van der Waals surface area (Å²) >= 11 is 0. The van der Waals surface area contributed by atoms with E-state index in [9.17, 15) is 0 Å². The van der Waals surface area contributed by atoms with Crippen molar-refractivity contribution in [1.29, 1.82) is 0 Å². The van der Waals surface area contributed by atoms with Crippen molar-refractivity contribution in [3.05, 3.63) is 59.8 Å². The average molecular weight is 417 g/mol. The Bertz CT molecular complexity index is 1220. The number of rotatable bonds is 6. The van der Waals surface area contributed by atoms with Crippen LogP contribution in [0.15, 0.2) is 48.7 Å². The lowest BCUT2D eigenvalue weighted by molar-refractivity contribution is 0.202. The number of benzene rings is 1. The first-order chi connectivity index (χ1) is 15.1. The topological polar surface area (TPSA) is 81.6 Å². The molecule has 5 rings (SSSR count). The van der Waals surface area contributed by atoms with E-state index < -0.39 is 0 Å². The van der Waals surface area contributed by atoms with Gasteiger partial charge in [-0.1, -0.05) is 24.3 Å². The summed E-state index contributed by atoms with van der Waals surface area (Å²) in [5.74, 6) is 0.756. The molecule has 0 aliphatic carbocycles. The number of likely N-dealkylation sites (tertiary alicyclic amines) is 1. The number of nitrogens with zero attached hydrogens (tertiary/aromatic N) is 5. The fraction of sp³-hybridized carbons (Fsp3) is 0.375. The predicted molar refractivity (Wildman–Crippen MR) is 122 cm³/mol. The van der Waals surface area contributed by atoms with Gasteiger partial charge in [0.25, 0.3) is 0 Å². The van der Waals surface area contributed by atoms with Gasteiger partial charge in [0, 0.05) is 43.9 Å². The van der Waals surface area contributed by atoms with Crippen molar-refractivity contribution >= 4 is 16.6 Å². The maximum Gasteiger partial charge on any atom is 0.187 e. The summed E-state index contributed by atoms with van der Waals surface area (Å²) in [6.45, 7) is 4.90. The van der Waals surface area contributed by atoms with E-state index in [1.54, 1.807) is 7.11 Å². The number of hydrogen-bond acceptors (Lipinski definition) is 6. The van der Waals surface area contributed by atoms with Gasteiger partial charge in [0.05, 0.1) is 12.1 Å². The van der Waals surface area contributed by atoms with Crippen molar-refractivity contribution in [2.45, 2.75) is 31.8 Å². The lowest BCUT2D eigenvalue weighted by Crippen LogP contribution is -2.28. The van der Waals surface area contributed by atoms with E-state index in [1.807, 2.05) is 16.5 Å². The largest absolute Gasteiger partial charge is 0.384 e. The SMILES string of the molecule is COCCc1ccc2ccc(-c3nnc4ccc(C(C)N5CC[C@H](N)C5)cn34)nc2c1. The normalized spacial score (nSPS) is 18.2. The van der Waals surface area contributed by atoms with Crippen LogP contribution in [0.25, 0.3) is 28.1 Å². The number of aromatic nitrogens is 4. The highest BCUT2D eigenvalue weighted by Crippen LogP contribution is 2.27. The molecule has 0 spiro atoms. The van der Waals surface area contributed by atoms with Crippen LogP contribution in [-0.2, 0) is 11.2 Å². The van der Waals surface area contributed by atoms with E-state index in [1.165, 1.54) is 11.1 Å². The molecule has 4 aromatic rings. The number of nitrogens with two attached hydrogens (primary N) is 1. The van der Waals surface area contributed by atoms with Gasteiger partial charge in [-0.15, -0.1) is 10.2 Å². The molecule has 1 saturated heterocycles. The van der Waals surface area contributed by atoms with Gasteiger partial charge in [-0.2, -0.15) is 0 Å². The first kappa shape index (κ1) is 20.1. The van der Waals surface area contributed by atoms with Crippen LogP contribution in [0.1, 0.15) is 30.5 Å². The third kappa shape index (κ3) is 3.92. The van der Waals surface area contributed by atoms with Crippen molar-refractivity contribution in [3.8, 4) is 11.5 Å². The van der Waals surface area contributed by atoms with Crippen LogP contribution in [0.3, 0.4) is 0 Å². The first-order valence-electron chi connectivity index (χ1n) is 10.9. The highest BCUT2D eigenvalue weighted by Gasteiger charge is 2.25. The Morgan fingerprint density at radius 2 is 2.03 bits per heavy atom. The first-order valence-corrected chi connectivity index (χ1v) is 10.9. The molecule has 160 valence electrons. The van der Waals surface area contributed by atoms with Crippen LogP contribution in [0.4, 0.5) is 0 Å². The lowest BCUT2D eigenvalue weighted by Gasteiger charge is -2.24. The van der Waals surface area contributed by atoms with Crippen molar-refractivity contribution in [1.82, 2.24) is 24.5 Å². The Morgan fingerprint density at radius 1 is 1.16 bits per heavy atom. The molecule has 1 unspecified atom stereocenters. The standard InChI is InChI=1S/C24H28N6O/c1-16(29-11-9-20(25)15-29)19-6-8-23-27-28-24(30(23)14-19)21-7-5-18-4-3-17(10-12-31-2)13-22(18)26-21/h3-8,13-14,16,20H,9-12,15,25H2,1-2H3/t16?,20-/m0/s1. The molecular weight excluding hydrogens is 388 g/mol. The van der Waals surface area contributed by atoms with Crippen LogP contribution < -0.4 is 5.73 Å². The monoisotopic (exact) mass is 416 g/mol. The van der Waals surface area contributed by atoms with E-state index in [0.717, 1.165) is 54.0 Å². The highest BCUT2D eigenvalue weighted by molar-refractivity contribution is 5.81. The molecule has 1 aliphatic heterocycles. The fourth-order valence-corrected chi connectivity index (χ4v) is 4.37. The summed E-state index contributed by atoms with van der Waals surface area (Å²) in [5.41, 5.74) is 11.1. The summed E-state index contributed by atoms with van der Waals surface area (Å²) in [7, 11) is 1.72. The quantitative estimate of drug-likeness (QED) is 0.520. The van der Waals surface area contributed by atoms with Crippen LogP contribution in [0.5, 0.6) is 0 Å². The smallest absolute Gasteiger partial charge is 0.187 e. The molecule has 7 nitrogen and oxygen atoms in total. The molecule has 4 heterocycles. The highest BCUT2D eigenvalue weighted by atomic mass is 16.5. The molecule has 0 saturated carbocycles. The van der Waals surface area contributed by atoms with Crippen molar-refractivity contribution in [2.75, 3.05) is 26.8 Å². The van der Waals surface area contributed by atoms with E-state index in [4.69, 9.17) is 15.5 Å². The van der Waals surface area contributed by atoms with Gasteiger partial charge in [-0.25, -0.2) is 4.98 Å². The summed E-state index contributed by atoms with van der Waals surface area (Å²) in [4.78, 5) is 7.34. The van der Waals surface area contributed by atoms with E-state index in [0.29, 0.717) is 12.6 Å². The number of methoxy groups -OCH3 is 1. The zero-order valence-electron chi connectivity index (χ0n) is 18.0. The minimum Gasteiger partial charge on any atom is -0.384 e. The van der Waals surface area contributed by atoms with Gasteiger partial charge in [0.2, 0.25) is 0 Å². The van der Waals surface area contributed by atoms with Crippen LogP contribution in [0, 0.1) is 0 Å². The zero-order valence-corrected chi connectivity index (χ0v) is 18.0. The Hall–Kier alpha value is -2.87. The van der Waals surface area contributed by atoms with Crippen molar-refractivity contribution < 1.29 is 4.74 Å². The molecule has 1 aromatic carbocycles. The van der Waals surface area contributed by atoms with Crippen molar-refractivity contribution in [2.24, 2.45) is 5.73 Å². The van der Waals surface area contributed by atoms with Gasteiger partial charge in [0.1, 0.15) is 5.69 Å². The molecule has 0 amide bonds. The van der Waals surface area contributed by atoms with Gasteiger partial charge < -0.3 is 10.5 Å². The molecule has 0 radical (unpaired) electrons. The Labute approximate surface area is 181 Å². The van der Waals surface area contributed by atoms with Crippen LogP contribution in [-0.4, -0.2) is 57.3 Å². The van der Waals surface area contributed by atoms with Crippen LogP contribution >= 0.6 is 0 Å². The predicted octanol–water partition coefficient (Wildman–Crippen LogP) is 3.23. The summed E-state index contributed by atoms with van der Waals surface area (Å²) in [6.07, 6.45) is 4.06. The third-order valence-electron chi connectivity index (χ3n) is 6.29. The molecule has 0 bridgehead atoms. The average Bonchev–Trinajstić information content (AvgIpc) is 3.42. The Balaban J connectivity index is 1.51. The zero-order chi connectivity index (χ0) is 21.4. The molecule has 3 aromatic heterocycles. The van der Waals surface area contributed by atoms with Gasteiger partial charge in [0.15, 0.2) is 11.5 Å². The molecule has 1 fully saturated rings. The molecule has 2 N–H and O–H groups in total. The Morgan fingerprint density at radius 3 is 2.84 bits per heavy atom. The van der Waals surface area contributed by atoms with Crippen molar-refractivity contribution in [3.63, 3.8) is 0 Å². The molecule has 2 atom stereocenters. The Kier molecular flexibility index (Phi) is 5.40. The maximum atomic E-state index is 6.12. The second-order valence-electron chi connectivity index (χ2n) is 8.40. The van der Waals surface area contributed by atoms with E-state index in [-0.39, 0.29) is 6.04 Å². The summed E-state index contributed by atoms with van der Waals surface area (Å²) < 4.78 is 7.26. The fourth-order valence-electron chi connectivity index (χ4n) is 4.37. The molecule has 7 heteroatoms. The van der Waals surface area contributed by atoms with Crippen LogP contribution in [0.2, 0.25) is 0 Å². The third-order valence-corrected chi connectivity index (χ3v) is 6.29. The van der Waals surface area contributed by atoms with Gasteiger partial charge >= 0.3 is 0 Å². The van der Waals surface area contributed by atoms with E-state index >= 15 is 0 Å². The lowest BCUT2D eigenvalue weighted by atomic mass is 10.1. The summed E-state index contributed by atoms with van der Waals surface area (Å²) in [5, 5.41) is 9.93. The van der Waals surface area contributed by atoms with E-state index in [2.05, 4.69) is 58.5 Å². The van der Waals surface area contributed by atoms with Gasteiger partial charge in [-0.3, -0.25) is 9.30 Å². The second kappa shape index (κ2) is 8.34. The second-order valence-corrected chi connectivity index (χ2v) is 8.40. The number of fused-ring (bicyclic) bond motifs is 2.